The number of carboxylic acid groups (broad SMARTS) is 1. The Kier molecular flexibility index (Phi) is 4.45. The van der Waals surface area contributed by atoms with Crippen molar-refractivity contribution in [1.82, 2.24) is 4.90 Å². The molecule has 2 bridgehead atoms. The fraction of sp³-hybridized carbons (Fsp3) is 0.381. The smallest absolute Gasteiger partial charge is 0.308 e. The lowest BCUT2D eigenvalue weighted by molar-refractivity contribution is -0.142. The highest BCUT2D eigenvalue weighted by atomic mass is 16.5. The molecular weight excluding hydrogens is 314 g/mol. The summed E-state index contributed by atoms with van der Waals surface area (Å²) in [6, 6.07) is 19.0. The monoisotopic (exact) mass is 337 g/mol. The first-order valence-electron chi connectivity index (χ1n) is 8.95. The maximum absolute atomic E-state index is 11.4. The molecule has 3 atom stereocenters. The number of nitrogens with zero attached hydrogens (tertiary/aromatic N) is 1. The van der Waals surface area contributed by atoms with Crippen LogP contribution < -0.4 is 4.74 Å². The van der Waals surface area contributed by atoms with Crippen molar-refractivity contribution in [1.29, 1.82) is 0 Å². The van der Waals surface area contributed by atoms with Crippen molar-refractivity contribution >= 4 is 5.97 Å². The first kappa shape index (κ1) is 16.2. The van der Waals surface area contributed by atoms with Gasteiger partial charge in [-0.25, -0.2) is 0 Å². The van der Waals surface area contributed by atoms with Crippen LogP contribution in [0.5, 0.6) is 5.75 Å². The van der Waals surface area contributed by atoms with Gasteiger partial charge in [-0.3, -0.25) is 9.69 Å². The van der Waals surface area contributed by atoms with Crippen molar-refractivity contribution < 1.29 is 14.6 Å². The highest BCUT2D eigenvalue weighted by molar-refractivity contribution is 5.71. The van der Waals surface area contributed by atoms with Gasteiger partial charge in [0.25, 0.3) is 0 Å². The standard InChI is InChI=1S/C21H23NO3/c23-21(24)19-12-17-8-11-20(19)22(17)13-15-6-9-18(10-7-15)25-14-16-4-2-1-3-5-16/h1-7,9-10,17,19-20H,8,11-14H2,(H,23,24). The van der Waals surface area contributed by atoms with Gasteiger partial charge in [-0.05, 0) is 42.5 Å². The summed E-state index contributed by atoms with van der Waals surface area (Å²) in [4.78, 5) is 13.8. The molecule has 0 aliphatic carbocycles. The van der Waals surface area contributed by atoms with E-state index in [2.05, 4.69) is 29.2 Å². The summed E-state index contributed by atoms with van der Waals surface area (Å²) in [5.41, 5.74) is 2.37. The molecule has 0 spiro atoms. The summed E-state index contributed by atoms with van der Waals surface area (Å²) in [5.74, 6) is 0.0366. The zero-order valence-electron chi connectivity index (χ0n) is 14.2. The fourth-order valence-electron chi connectivity index (χ4n) is 4.26. The lowest BCUT2D eigenvalue weighted by Gasteiger charge is -2.22. The first-order valence-corrected chi connectivity index (χ1v) is 8.95. The Hall–Kier alpha value is -2.33. The van der Waals surface area contributed by atoms with E-state index in [1.54, 1.807) is 0 Å². The van der Waals surface area contributed by atoms with E-state index >= 15 is 0 Å². The molecule has 0 amide bonds. The van der Waals surface area contributed by atoms with Crippen LogP contribution in [0.4, 0.5) is 0 Å². The maximum atomic E-state index is 11.4. The highest BCUT2D eigenvalue weighted by Gasteiger charge is 2.48. The molecule has 2 aliphatic rings. The van der Waals surface area contributed by atoms with Crippen molar-refractivity contribution in [3.05, 3.63) is 65.7 Å². The van der Waals surface area contributed by atoms with Gasteiger partial charge in [-0.1, -0.05) is 42.5 Å². The summed E-state index contributed by atoms with van der Waals surface area (Å²) < 4.78 is 5.83. The summed E-state index contributed by atoms with van der Waals surface area (Å²) in [6.45, 7) is 1.40. The molecule has 4 nitrogen and oxygen atoms in total. The quantitative estimate of drug-likeness (QED) is 0.873. The molecule has 25 heavy (non-hydrogen) atoms. The van der Waals surface area contributed by atoms with Crippen LogP contribution in [-0.4, -0.2) is 28.1 Å². The Labute approximate surface area is 148 Å². The molecule has 2 heterocycles. The van der Waals surface area contributed by atoms with E-state index in [-0.39, 0.29) is 12.0 Å². The van der Waals surface area contributed by atoms with Crippen LogP contribution in [-0.2, 0) is 17.9 Å². The fourth-order valence-corrected chi connectivity index (χ4v) is 4.26. The van der Waals surface area contributed by atoms with E-state index in [9.17, 15) is 9.90 Å². The molecule has 0 saturated carbocycles. The highest BCUT2D eigenvalue weighted by Crippen LogP contribution is 2.42. The van der Waals surface area contributed by atoms with E-state index in [1.165, 1.54) is 5.56 Å². The van der Waals surface area contributed by atoms with E-state index in [0.29, 0.717) is 12.6 Å². The number of fused-ring (bicyclic) bond motifs is 2. The Bertz CT molecular complexity index is 729. The molecule has 3 unspecified atom stereocenters. The third-order valence-corrected chi connectivity index (χ3v) is 5.54. The molecule has 2 aromatic rings. The summed E-state index contributed by atoms with van der Waals surface area (Å²) in [5, 5.41) is 9.37. The Morgan fingerprint density at radius 3 is 2.48 bits per heavy atom. The zero-order chi connectivity index (χ0) is 17.2. The lowest BCUT2D eigenvalue weighted by atomic mass is 9.89. The molecule has 1 N–H and O–H groups in total. The Morgan fingerprint density at radius 1 is 1.04 bits per heavy atom. The predicted molar refractivity (Wildman–Crippen MR) is 95.3 cm³/mol. The van der Waals surface area contributed by atoms with Crippen LogP contribution in [0.2, 0.25) is 0 Å². The van der Waals surface area contributed by atoms with E-state index in [4.69, 9.17) is 4.74 Å². The van der Waals surface area contributed by atoms with Crippen molar-refractivity contribution in [2.24, 2.45) is 5.92 Å². The summed E-state index contributed by atoms with van der Waals surface area (Å²) in [6.07, 6.45) is 2.95. The van der Waals surface area contributed by atoms with Gasteiger partial charge in [-0.15, -0.1) is 0 Å². The number of benzene rings is 2. The van der Waals surface area contributed by atoms with E-state index in [0.717, 1.165) is 37.1 Å². The first-order chi connectivity index (χ1) is 12.2. The third kappa shape index (κ3) is 3.40. The molecular formula is C21H23NO3. The van der Waals surface area contributed by atoms with Crippen molar-refractivity contribution in [3.63, 3.8) is 0 Å². The number of rotatable bonds is 6. The minimum Gasteiger partial charge on any atom is -0.489 e. The number of carbonyl (C=O) groups is 1. The van der Waals surface area contributed by atoms with Gasteiger partial charge >= 0.3 is 5.97 Å². The van der Waals surface area contributed by atoms with Crippen LogP contribution >= 0.6 is 0 Å². The normalized spacial score (nSPS) is 25.2. The van der Waals surface area contributed by atoms with Crippen molar-refractivity contribution in [2.75, 3.05) is 0 Å². The second kappa shape index (κ2) is 6.89. The second-order valence-electron chi connectivity index (χ2n) is 7.07. The topological polar surface area (TPSA) is 49.8 Å². The Morgan fingerprint density at radius 2 is 1.80 bits per heavy atom. The van der Waals surface area contributed by atoms with Crippen LogP contribution in [0.3, 0.4) is 0 Å². The molecule has 2 saturated heterocycles. The van der Waals surface area contributed by atoms with Gasteiger partial charge in [0.15, 0.2) is 0 Å². The van der Waals surface area contributed by atoms with Crippen LogP contribution in [0, 0.1) is 5.92 Å². The summed E-state index contributed by atoms with van der Waals surface area (Å²) in [7, 11) is 0. The number of carboxylic acids is 1. The predicted octanol–water partition coefficient (Wildman–Crippen LogP) is 3.70. The molecule has 0 aromatic heterocycles. The van der Waals surface area contributed by atoms with Crippen LogP contribution in [0.25, 0.3) is 0 Å². The van der Waals surface area contributed by atoms with Crippen molar-refractivity contribution in [2.45, 2.75) is 44.5 Å². The number of aliphatic carboxylic acids is 1. The lowest BCUT2D eigenvalue weighted by Crippen LogP contribution is -2.32. The van der Waals surface area contributed by atoms with Gasteiger partial charge in [0.05, 0.1) is 5.92 Å². The van der Waals surface area contributed by atoms with Gasteiger partial charge in [0, 0.05) is 18.6 Å². The molecule has 2 fully saturated rings. The van der Waals surface area contributed by atoms with Gasteiger partial charge < -0.3 is 9.84 Å². The molecule has 4 heteroatoms. The maximum Gasteiger partial charge on any atom is 0.308 e. The van der Waals surface area contributed by atoms with E-state index < -0.39 is 5.97 Å². The largest absolute Gasteiger partial charge is 0.489 e. The second-order valence-corrected chi connectivity index (χ2v) is 7.07. The number of hydrogen-bond acceptors (Lipinski definition) is 3. The average Bonchev–Trinajstić information content (AvgIpc) is 3.19. The van der Waals surface area contributed by atoms with Crippen molar-refractivity contribution in [3.8, 4) is 5.75 Å². The SMILES string of the molecule is O=C(O)C1CC2CCC1N2Cc1ccc(OCc2ccccc2)cc1. The minimum atomic E-state index is -0.637. The third-order valence-electron chi connectivity index (χ3n) is 5.54. The van der Waals surface area contributed by atoms with Gasteiger partial charge in [0.1, 0.15) is 12.4 Å². The van der Waals surface area contributed by atoms with E-state index in [1.807, 2.05) is 30.3 Å². The zero-order valence-corrected chi connectivity index (χ0v) is 14.2. The Balaban J connectivity index is 1.36. The average molecular weight is 337 g/mol. The molecule has 4 rings (SSSR count). The van der Waals surface area contributed by atoms with Gasteiger partial charge in [-0.2, -0.15) is 0 Å². The van der Waals surface area contributed by atoms with Crippen LogP contribution in [0.1, 0.15) is 30.4 Å². The molecule has 2 aromatic carbocycles. The van der Waals surface area contributed by atoms with Crippen LogP contribution in [0.15, 0.2) is 54.6 Å². The molecule has 130 valence electrons. The number of ether oxygens (including phenoxy) is 1. The number of hydrogen-bond donors (Lipinski definition) is 1. The summed E-state index contributed by atoms with van der Waals surface area (Å²) >= 11 is 0. The molecule has 2 aliphatic heterocycles. The van der Waals surface area contributed by atoms with Gasteiger partial charge in [0.2, 0.25) is 0 Å². The minimum absolute atomic E-state index is 0.188. The molecule has 0 radical (unpaired) electrons.